The van der Waals surface area contributed by atoms with Crippen molar-refractivity contribution >= 4 is 17.6 Å². The number of nitrogens with zero attached hydrogens (tertiary/aromatic N) is 1. The highest BCUT2D eigenvalue weighted by atomic mass is 16.5. The van der Waals surface area contributed by atoms with Crippen LogP contribution in [0, 0.1) is 13.8 Å². The van der Waals surface area contributed by atoms with Crippen molar-refractivity contribution in [1.82, 2.24) is 9.97 Å². The molecule has 0 amide bonds. The van der Waals surface area contributed by atoms with E-state index in [-0.39, 0.29) is 18.1 Å². The first-order chi connectivity index (χ1) is 10.0. The van der Waals surface area contributed by atoms with Gasteiger partial charge in [-0.2, -0.15) is 0 Å². The third-order valence-corrected chi connectivity index (χ3v) is 3.06. The first-order valence-corrected chi connectivity index (χ1v) is 6.62. The lowest BCUT2D eigenvalue weighted by Crippen LogP contribution is -2.21. The van der Waals surface area contributed by atoms with E-state index in [0.29, 0.717) is 0 Å². The largest absolute Gasteiger partial charge is 0.462 e. The van der Waals surface area contributed by atoms with Crippen molar-refractivity contribution in [3.8, 4) is 0 Å². The summed E-state index contributed by atoms with van der Waals surface area (Å²) in [6.45, 7) is 5.91. The monoisotopic (exact) mass is 287 g/mol. The van der Waals surface area contributed by atoms with Gasteiger partial charge in [0, 0.05) is 5.69 Å². The highest BCUT2D eigenvalue weighted by molar-refractivity contribution is 5.88. The fraction of sp³-hybridized carbons (Fsp3) is 0.267. The summed E-state index contributed by atoms with van der Waals surface area (Å²) in [5.74, 6) is -0.403. The molecule has 1 heterocycles. The number of benzene rings is 1. The number of carbonyl (C=O) groups is 1. The Morgan fingerprint density at radius 1 is 1.33 bits per heavy atom. The number of aromatic nitrogens is 2. The van der Waals surface area contributed by atoms with Crippen LogP contribution in [0.3, 0.4) is 0 Å². The molecule has 1 aromatic carbocycles. The molecule has 2 aromatic rings. The van der Waals surface area contributed by atoms with Gasteiger partial charge < -0.3 is 10.1 Å². The summed E-state index contributed by atoms with van der Waals surface area (Å²) in [4.78, 5) is 29.9. The van der Waals surface area contributed by atoms with Gasteiger partial charge >= 0.3 is 5.97 Å². The van der Waals surface area contributed by atoms with E-state index in [1.54, 1.807) is 6.92 Å². The number of nitrogens with one attached hydrogen (secondary N) is 2. The number of hydrogen-bond acceptors (Lipinski definition) is 5. The van der Waals surface area contributed by atoms with E-state index in [1.807, 2.05) is 32.0 Å². The molecule has 0 aliphatic carbocycles. The van der Waals surface area contributed by atoms with Gasteiger partial charge in [0.05, 0.1) is 12.8 Å². The van der Waals surface area contributed by atoms with E-state index in [2.05, 4.69) is 15.3 Å². The number of ether oxygens (including phenoxy) is 1. The number of hydrogen-bond donors (Lipinski definition) is 2. The maximum atomic E-state index is 11.8. The zero-order valence-electron chi connectivity index (χ0n) is 12.2. The van der Waals surface area contributed by atoms with Crippen LogP contribution in [0.15, 0.2) is 29.2 Å². The van der Waals surface area contributed by atoms with Gasteiger partial charge in [-0.15, -0.1) is 0 Å². The molecule has 0 saturated carbocycles. The SMILES string of the molecule is CCOC(=O)c1cnc(Nc2ccc(C)c(C)c2)[nH]c1=O. The number of esters is 1. The molecule has 0 radical (unpaired) electrons. The van der Waals surface area contributed by atoms with Crippen molar-refractivity contribution in [2.24, 2.45) is 0 Å². The summed E-state index contributed by atoms with van der Waals surface area (Å²) in [6, 6.07) is 5.82. The Kier molecular flexibility index (Phi) is 4.37. The average molecular weight is 287 g/mol. The Morgan fingerprint density at radius 3 is 2.71 bits per heavy atom. The van der Waals surface area contributed by atoms with E-state index < -0.39 is 11.5 Å². The molecule has 2 N–H and O–H groups in total. The van der Waals surface area contributed by atoms with Crippen LogP contribution in [0.2, 0.25) is 0 Å². The van der Waals surface area contributed by atoms with Gasteiger partial charge in [-0.3, -0.25) is 9.78 Å². The minimum Gasteiger partial charge on any atom is -0.462 e. The second kappa shape index (κ2) is 6.21. The summed E-state index contributed by atoms with van der Waals surface area (Å²) in [5, 5.41) is 2.99. The van der Waals surface area contributed by atoms with Crippen LogP contribution in [0.1, 0.15) is 28.4 Å². The van der Waals surface area contributed by atoms with Gasteiger partial charge in [-0.05, 0) is 44.0 Å². The molecule has 0 unspecified atom stereocenters. The normalized spacial score (nSPS) is 10.2. The standard InChI is InChI=1S/C15H17N3O3/c1-4-21-14(20)12-8-16-15(18-13(12)19)17-11-6-5-9(2)10(3)7-11/h5-8H,4H2,1-3H3,(H2,16,17,18,19). The molecule has 6 heteroatoms. The Hall–Kier alpha value is -2.63. The first kappa shape index (κ1) is 14.8. The van der Waals surface area contributed by atoms with Crippen molar-refractivity contribution in [2.75, 3.05) is 11.9 Å². The molecule has 21 heavy (non-hydrogen) atoms. The second-order valence-corrected chi connectivity index (χ2v) is 4.62. The molecule has 110 valence electrons. The first-order valence-electron chi connectivity index (χ1n) is 6.62. The third kappa shape index (κ3) is 3.47. The van der Waals surface area contributed by atoms with Crippen LogP contribution >= 0.6 is 0 Å². The Bertz CT molecular complexity index is 722. The average Bonchev–Trinajstić information content (AvgIpc) is 2.43. The molecule has 6 nitrogen and oxygen atoms in total. The molecule has 1 aromatic heterocycles. The Labute approximate surface area is 122 Å². The second-order valence-electron chi connectivity index (χ2n) is 4.62. The van der Waals surface area contributed by atoms with E-state index in [1.165, 1.54) is 11.8 Å². The summed E-state index contributed by atoms with van der Waals surface area (Å²) in [7, 11) is 0. The van der Waals surface area contributed by atoms with Crippen LogP contribution in [-0.2, 0) is 4.74 Å². The van der Waals surface area contributed by atoms with Crippen molar-refractivity contribution in [1.29, 1.82) is 0 Å². The molecule has 0 spiro atoms. The van der Waals surface area contributed by atoms with Gasteiger partial charge in [-0.25, -0.2) is 9.78 Å². The molecule has 0 aliphatic heterocycles. The predicted octanol–water partition coefficient (Wildman–Crippen LogP) is 2.31. The molecule has 0 bridgehead atoms. The summed E-state index contributed by atoms with van der Waals surface area (Å²) >= 11 is 0. The van der Waals surface area contributed by atoms with Crippen LogP contribution in [-0.4, -0.2) is 22.5 Å². The number of anilines is 2. The van der Waals surface area contributed by atoms with Gasteiger partial charge in [0.1, 0.15) is 5.56 Å². The van der Waals surface area contributed by atoms with Crippen LogP contribution in [0.4, 0.5) is 11.6 Å². The lowest BCUT2D eigenvalue weighted by atomic mass is 10.1. The van der Waals surface area contributed by atoms with Gasteiger partial charge in [0.2, 0.25) is 5.95 Å². The van der Waals surface area contributed by atoms with Crippen molar-refractivity contribution in [3.63, 3.8) is 0 Å². The fourth-order valence-electron chi connectivity index (χ4n) is 1.77. The van der Waals surface area contributed by atoms with Gasteiger partial charge in [-0.1, -0.05) is 6.07 Å². The Balaban J connectivity index is 2.22. The minimum atomic E-state index is -0.677. The summed E-state index contributed by atoms with van der Waals surface area (Å²) in [5.41, 5.74) is 2.48. The Morgan fingerprint density at radius 2 is 2.10 bits per heavy atom. The fourth-order valence-corrected chi connectivity index (χ4v) is 1.77. The lowest BCUT2D eigenvalue weighted by Gasteiger charge is -2.08. The summed E-state index contributed by atoms with van der Waals surface area (Å²) in [6.07, 6.45) is 1.21. The number of carbonyl (C=O) groups excluding carboxylic acids is 1. The maximum Gasteiger partial charge on any atom is 0.345 e. The zero-order chi connectivity index (χ0) is 15.4. The van der Waals surface area contributed by atoms with Crippen LogP contribution in [0.25, 0.3) is 0 Å². The molecular formula is C15H17N3O3. The predicted molar refractivity (Wildman–Crippen MR) is 80.0 cm³/mol. The van der Waals surface area contributed by atoms with E-state index in [0.717, 1.165) is 11.3 Å². The number of aryl methyl sites for hydroxylation is 2. The smallest absolute Gasteiger partial charge is 0.345 e. The molecular weight excluding hydrogens is 270 g/mol. The molecule has 0 fully saturated rings. The highest BCUT2D eigenvalue weighted by Gasteiger charge is 2.12. The number of aromatic amines is 1. The third-order valence-electron chi connectivity index (χ3n) is 3.06. The molecule has 2 rings (SSSR count). The number of H-pyrrole nitrogens is 1. The van der Waals surface area contributed by atoms with Gasteiger partial charge in [0.25, 0.3) is 5.56 Å². The van der Waals surface area contributed by atoms with E-state index >= 15 is 0 Å². The minimum absolute atomic E-state index is 0.109. The molecule has 0 atom stereocenters. The number of rotatable bonds is 4. The lowest BCUT2D eigenvalue weighted by molar-refractivity contribution is 0.0524. The molecule has 0 aliphatic rings. The topological polar surface area (TPSA) is 84.1 Å². The van der Waals surface area contributed by atoms with Gasteiger partial charge in [0.15, 0.2) is 0 Å². The quantitative estimate of drug-likeness (QED) is 0.843. The van der Waals surface area contributed by atoms with Crippen LogP contribution in [0.5, 0.6) is 0 Å². The van der Waals surface area contributed by atoms with E-state index in [9.17, 15) is 9.59 Å². The zero-order valence-corrected chi connectivity index (χ0v) is 12.2. The van der Waals surface area contributed by atoms with Crippen LogP contribution < -0.4 is 10.9 Å². The van der Waals surface area contributed by atoms with E-state index in [4.69, 9.17) is 4.74 Å². The van der Waals surface area contributed by atoms with Crippen molar-refractivity contribution < 1.29 is 9.53 Å². The van der Waals surface area contributed by atoms with Crippen molar-refractivity contribution in [2.45, 2.75) is 20.8 Å². The summed E-state index contributed by atoms with van der Waals surface area (Å²) < 4.78 is 4.78. The maximum absolute atomic E-state index is 11.8. The highest BCUT2D eigenvalue weighted by Crippen LogP contribution is 2.16. The molecule has 0 saturated heterocycles. The van der Waals surface area contributed by atoms with Crippen molar-refractivity contribution in [3.05, 3.63) is 51.4 Å².